The highest BCUT2D eigenvalue weighted by molar-refractivity contribution is 5.86. The van der Waals surface area contributed by atoms with Crippen molar-refractivity contribution in [1.82, 2.24) is 0 Å². The summed E-state index contributed by atoms with van der Waals surface area (Å²) in [6.45, 7) is 2.24. The third-order valence-electron chi connectivity index (χ3n) is 4.57. The average molecular weight is 325 g/mol. The van der Waals surface area contributed by atoms with Crippen molar-refractivity contribution in [3.8, 4) is 28.3 Å². The fraction of sp³-hybridized carbons (Fsp3) is 0.208. The van der Waals surface area contributed by atoms with Crippen LogP contribution in [0.25, 0.3) is 22.3 Å². The third-order valence-corrected chi connectivity index (χ3v) is 4.57. The van der Waals surface area contributed by atoms with Crippen molar-refractivity contribution in [3.05, 3.63) is 83.9 Å². The molecule has 0 atom stereocenters. The maximum atomic E-state index is 9.46. The zero-order chi connectivity index (χ0) is 17.5. The van der Waals surface area contributed by atoms with Gasteiger partial charge in [-0.05, 0) is 41.2 Å². The van der Waals surface area contributed by atoms with Crippen LogP contribution in [0, 0.1) is 11.3 Å². The fourth-order valence-corrected chi connectivity index (χ4v) is 3.26. The zero-order valence-corrected chi connectivity index (χ0v) is 14.7. The molecule has 3 rings (SSSR count). The topological polar surface area (TPSA) is 23.8 Å². The van der Waals surface area contributed by atoms with Gasteiger partial charge in [-0.3, -0.25) is 0 Å². The summed E-state index contributed by atoms with van der Waals surface area (Å²) in [5.74, 6) is 0. The second-order valence-electron chi connectivity index (χ2n) is 6.36. The Morgan fingerprint density at radius 3 is 2.24 bits per heavy atom. The maximum absolute atomic E-state index is 9.46. The van der Waals surface area contributed by atoms with E-state index in [9.17, 15) is 5.26 Å². The van der Waals surface area contributed by atoms with Crippen LogP contribution in [0.15, 0.2) is 72.8 Å². The number of hydrogen-bond acceptors (Lipinski definition) is 1. The minimum Gasteiger partial charge on any atom is -0.192 e. The molecule has 0 aliphatic heterocycles. The Hall–Kier alpha value is -2.85. The molecule has 0 unspecified atom stereocenters. The summed E-state index contributed by atoms with van der Waals surface area (Å²) in [6.07, 6.45) is 4.88. The van der Waals surface area contributed by atoms with E-state index in [1.165, 1.54) is 36.0 Å². The van der Waals surface area contributed by atoms with Gasteiger partial charge in [-0.2, -0.15) is 5.26 Å². The lowest BCUT2D eigenvalue weighted by atomic mass is 9.91. The molecule has 124 valence electrons. The Kier molecular flexibility index (Phi) is 5.65. The molecule has 0 aliphatic rings. The Morgan fingerprint density at radius 2 is 1.48 bits per heavy atom. The van der Waals surface area contributed by atoms with E-state index in [-0.39, 0.29) is 0 Å². The van der Waals surface area contributed by atoms with Gasteiger partial charge in [0, 0.05) is 5.56 Å². The highest BCUT2D eigenvalue weighted by atomic mass is 14.2. The summed E-state index contributed by atoms with van der Waals surface area (Å²) in [5, 5.41) is 9.46. The molecule has 0 bridgehead atoms. The highest BCUT2D eigenvalue weighted by Gasteiger charge is 2.10. The molecule has 0 saturated carbocycles. The summed E-state index contributed by atoms with van der Waals surface area (Å²) in [6, 6.07) is 27.3. The predicted molar refractivity (Wildman–Crippen MR) is 105 cm³/mol. The summed E-state index contributed by atoms with van der Waals surface area (Å²) in [4.78, 5) is 0. The van der Waals surface area contributed by atoms with Crippen LogP contribution in [-0.4, -0.2) is 0 Å². The first-order valence-electron chi connectivity index (χ1n) is 9.01. The van der Waals surface area contributed by atoms with Gasteiger partial charge < -0.3 is 0 Å². The number of rotatable bonds is 6. The maximum Gasteiger partial charge on any atom is 0.0998 e. The summed E-state index contributed by atoms with van der Waals surface area (Å²) >= 11 is 0. The van der Waals surface area contributed by atoms with E-state index in [1.54, 1.807) is 0 Å². The van der Waals surface area contributed by atoms with Crippen molar-refractivity contribution in [2.45, 2.75) is 32.6 Å². The second kappa shape index (κ2) is 8.31. The molecule has 0 aromatic heterocycles. The normalized spacial score (nSPS) is 10.4. The van der Waals surface area contributed by atoms with Gasteiger partial charge in [-0.25, -0.2) is 0 Å². The van der Waals surface area contributed by atoms with Crippen LogP contribution >= 0.6 is 0 Å². The highest BCUT2D eigenvalue weighted by Crippen LogP contribution is 2.34. The minimum absolute atomic E-state index is 0.717. The van der Waals surface area contributed by atoms with E-state index in [2.05, 4.69) is 55.5 Å². The number of nitrogens with zero attached hydrogens (tertiary/aromatic N) is 1. The van der Waals surface area contributed by atoms with E-state index >= 15 is 0 Å². The average Bonchev–Trinajstić information content (AvgIpc) is 2.68. The number of benzene rings is 3. The molecule has 0 spiro atoms. The molecule has 0 heterocycles. The summed E-state index contributed by atoms with van der Waals surface area (Å²) < 4.78 is 0. The Morgan fingerprint density at radius 1 is 0.760 bits per heavy atom. The van der Waals surface area contributed by atoms with E-state index in [4.69, 9.17) is 0 Å². The summed E-state index contributed by atoms with van der Waals surface area (Å²) in [7, 11) is 0. The number of hydrogen-bond donors (Lipinski definition) is 0. The van der Waals surface area contributed by atoms with Gasteiger partial charge in [0.05, 0.1) is 11.6 Å². The van der Waals surface area contributed by atoms with Crippen molar-refractivity contribution >= 4 is 0 Å². The van der Waals surface area contributed by atoms with Crippen LogP contribution in [-0.2, 0) is 6.42 Å². The first kappa shape index (κ1) is 17.0. The van der Waals surface area contributed by atoms with Gasteiger partial charge in [0.2, 0.25) is 0 Å². The molecule has 0 aliphatic carbocycles. The van der Waals surface area contributed by atoms with Crippen LogP contribution in [0.3, 0.4) is 0 Å². The van der Waals surface area contributed by atoms with E-state index in [0.717, 1.165) is 17.5 Å². The summed E-state index contributed by atoms with van der Waals surface area (Å²) in [5.41, 5.74) is 6.62. The number of aryl methyl sites for hydroxylation is 1. The van der Waals surface area contributed by atoms with Crippen molar-refractivity contribution < 1.29 is 0 Å². The van der Waals surface area contributed by atoms with E-state index in [1.807, 2.05) is 30.3 Å². The van der Waals surface area contributed by atoms with Crippen LogP contribution < -0.4 is 0 Å². The van der Waals surface area contributed by atoms with Crippen molar-refractivity contribution in [3.63, 3.8) is 0 Å². The molecular weight excluding hydrogens is 302 g/mol. The predicted octanol–water partition coefficient (Wildman–Crippen LogP) is 6.62. The molecule has 0 saturated heterocycles. The van der Waals surface area contributed by atoms with Gasteiger partial charge in [-0.1, -0.05) is 86.5 Å². The molecule has 3 aromatic rings. The SMILES string of the molecule is CCCCCc1cccc(-c2ccccc2-c2ccccc2C#N)c1. The van der Waals surface area contributed by atoms with Crippen molar-refractivity contribution in [2.24, 2.45) is 0 Å². The monoisotopic (exact) mass is 325 g/mol. The van der Waals surface area contributed by atoms with Crippen LogP contribution in [0.2, 0.25) is 0 Å². The molecule has 0 N–H and O–H groups in total. The Bertz CT molecular complexity index is 886. The minimum atomic E-state index is 0.717. The van der Waals surface area contributed by atoms with Crippen molar-refractivity contribution in [2.75, 3.05) is 0 Å². The van der Waals surface area contributed by atoms with E-state index < -0.39 is 0 Å². The van der Waals surface area contributed by atoms with E-state index in [0.29, 0.717) is 5.56 Å². The Labute approximate surface area is 150 Å². The molecule has 0 fully saturated rings. The molecule has 3 aromatic carbocycles. The first-order valence-corrected chi connectivity index (χ1v) is 9.01. The number of unbranched alkanes of at least 4 members (excludes halogenated alkanes) is 2. The molecular formula is C24H23N. The van der Waals surface area contributed by atoms with Gasteiger partial charge in [0.1, 0.15) is 0 Å². The smallest absolute Gasteiger partial charge is 0.0998 e. The Balaban J connectivity index is 2.02. The van der Waals surface area contributed by atoms with Gasteiger partial charge in [-0.15, -0.1) is 0 Å². The zero-order valence-electron chi connectivity index (χ0n) is 14.7. The van der Waals surface area contributed by atoms with Crippen LogP contribution in [0.5, 0.6) is 0 Å². The molecule has 25 heavy (non-hydrogen) atoms. The van der Waals surface area contributed by atoms with Crippen LogP contribution in [0.1, 0.15) is 37.3 Å². The lowest BCUT2D eigenvalue weighted by Gasteiger charge is -2.12. The van der Waals surface area contributed by atoms with Gasteiger partial charge in [0.15, 0.2) is 0 Å². The quantitative estimate of drug-likeness (QED) is 0.467. The number of nitriles is 1. The standard InChI is InChI=1S/C24H23N/c1-2-3-4-10-19-11-9-13-20(17-19)22-14-7-8-16-24(22)23-15-6-5-12-21(23)18-25/h5-9,11-17H,2-4,10H2,1H3. The second-order valence-corrected chi connectivity index (χ2v) is 6.36. The van der Waals surface area contributed by atoms with Crippen LogP contribution in [0.4, 0.5) is 0 Å². The fourth-order valence-electron chi connectivity index (χ4n) is 3.26. The first-order chi connectivity index (χ1) is 12.3. The lowest BCUT2D eigenvalue weighted by molar-refractivity contribution is 0.717. The lowest BCUT2D eigenvalue weighted by Crippen LogP contribution is -1.90. The molecule has 1 heteroatoms. The molecule has 1 nitrogen and oxygen atoms in total. The largest absolute Gasteiger partial charge is 0.192 e. The third kappa shape index (κ3) is 3.98. The molecule has 0 radical (unpaired) electrons. The van der Waals surface area contributed by atoms with Crippen molar-refractivity contribution in [1.29, 1.82) is 5.26 Å². The van der Waals surface area contributed by atoms with Gasteiger partial charge >= 0.3 is 0 Å². The molecule has 0 amide bonds. The van der Waals surface area contributed by atoms with Gasteiger partial charge in [0.25, 0.3) is 0 Å².